The van der Waals surface area contributed by atoms with Crippen molar-refractivity contribution in [2.45, 2.75) is 54.6 Å². The molecule has 4 aromatic rings. The van der Waals surface area contributed by atoms with Crippen LogP contribution in [0.3, 0.4) is 0 Å². The number of hydrogen-bond acceptors (Lipinski definition) is 18. The smallest absolute Gasteiger partial charge is 0.325 e. The molecule has 2 bridgehead atoms. The molecule has 1 aliphatic carbocycles. The van der Waals surface area contributed by atoms with Crippen LogP contribution in [0.5, 0.6) is 0 Å². The van der Waals surface area contributed by atoms with Crippen molar-refractivity contribution in [3.05, 3.63) is 23.0 Å². The second-order valence-corrected chi connectivity index (χ2v) is 16.8. The molecule has 0 amide bonds. The molecule has 21 nitrogen and oxygen atoms in total. The molecule has 4 aromatic heterocycles. The van der Waals surface area contributed by atoms with Crippen molar-refractivity contribution in [3.8, 4) is 0 Å². The van der Waals surface area contributed by atoms with Gasteiger partial charge in [-0.3, -0.25) is 18.9 Å². The van der Waals surface area contributed by atoms with Gasteiger partial charge < -0.3 is 49.4 Å². The maximum absolute atomic E-state index is 12.3. The zero-order chi connectivity index (χ0) is 32.3. The summed E-state index contributed by atoms with van der Waals surface area (Å²) in [6, 6.07) is 0. The molecular weight excluding hydrogens is 692 g/mol. The quantitative estimate of drug-likeness (QED) is 0.130. The Labute approximate surface area is 266 Å². The van der Waals surface area contributed by atoms with E-state index in [-0.39, 0.29) is 66.6 Å². The highest BCUT2D eigenvalue weighted by Gasteiger charge is 2.79. The van der Waals surface area contributed by atoms with Gasteiger partial charge in [-0.25, -0.2) is 15.0 Å². The molecule has 8 rings (SSSR count). The summed E-state index contributed by atoms with van der Waals surface area (Å²) in [4.78, 5) is 53.9. The van der Waals surface area contributed by atoms with Crippen LogP contribution in [0.4, 0.5) is 11.8 Å². The molecule has 246 valence electrons. The fraction of sp³-hybridized carbons (Fsp3) is 0.571. The van der Waals surface area contributed by atoms with Gasteiger partial charge in [0.15, 0.2) is 34.5 Å². The maximum Gasteiger partial charge on any atom is 0.325 e. The highest BCUT2D eigenvalue weighted by Crippen LogP contribution is 2.68. The van der Waals surface area contributed by atoms with Crippen molar-refractivity contribution in [2.75, 3.05) is 31.3 Å². The van der Waals surface area contributed by atoms with Gasteiger partial charge in [0.2, 0.25) is 11.7 Å². The molecule has 25 heteroatoms. The van der Waals surface area contributed by atoms with E-state index >= 15 is 0 Å². The van der Waals surface area contributed by atoms with Gasteiger partial charge in [-0.2, -0.15) is 9.67 Å². The van der Waals surface area contributed by atoms with Gasteiger partial charge in [0.1, 0.15) is 23.5 Å². The Morgan fingerprint density at radius 1 is 1.07 bits per heavy atom. The number of anilines is 2. The first-order chi connectivity index (χ1) is 21.8. The summed E-state index contributed by atoms with van der Waals surface area (Å²) in [5.74, 6) is -0.110. The molecule has 7 heterocycles. The minimum Gasteiger partial charge on any atom is -0.382 e. The molecule has 8 N–H and O–H groups in total. The van der Waals surface area contributed by atoms with Crippen LogP contribution < -0.4 is 17.0 Å². The summed E-state index contributed by atoms with van der Waals surface area (Å²) in [7, 11) is 0. The fourth-order valence-corrected chi connectivity index (χ4v) is 9.73. The molecule has 0 aromatic carbocycles. The Hall–Kier alpha value is -2.63. The SMILES string of the molecule is Nc1nc2c(nnn2[C@@H]2O[C@@H]3COP(O)(=S)OC45CC[C@]4(COP(O)(=S)O[C@@H]2C3)OC[C@]5(O)n2cnc3c(N)ncnc32)c(=O)[nH]1. The number of aliphatic hydroxyl groups is 1. The second-order valence-electron chi connectivity index (χ2n) is 11.3. The minimum absolute atomic E-state index is 0.0128. The van der Waals surface area contributed by atoms with Crippen LogP contribution >= 0.6 is 13.4 Å². The number of aromatic nitrogens is 9. The number of H-pyrrole nitrogens is 1. The summed E-state index contributed by atoms with van der Waals surface area (Å²) >= 11 is 10.9. The third-order valence-corrected chi connectivity index (χ3v) is 11.9. The van der Waals surface area contributed by atoms with E-state index < -0.39 is 61.0 Å². The van der Waals surface area contributed by atoms with Gasteiger partial charge >= 0.3 is 13.4 Å². The summed E-state index contributed by atoms with van der Waals surface area (Å²) in [6.45, 7) is -9.44. The highest BCUT2D eigenvalue weighted by atomic mass is 32.5. The maximum atomic E-state index is 12.3. The van der Waals surface area contributed by atoms with Crippen LogP contribution in [0.15, 0.2) is 17.4 Å². The van der Waals surface area contributed by atoms with Crippen molar-refractivity contribution in [1.29, 1.82) is 0 Å². The van der Waals surface area contributed by atoms with E-state index in [1.807, 2.05) is 0 Å². The van der Waals surface area contributed by atoms with E-state index in [0.29, 0.717) is 0 Å². The van der Waals surface area contributed by atoms with E-state index in [1.165, 1.54) is 21.9 Å². The topological polar surface area (TPSA) is 288 Å². The molecular formula is C21H25N11O10P2S2. The normalized spacial score (nSPS) is 39.7. The van der Waals surface area contributed by atoms with Crippen molar-refractivity contribution >= 4 is 71.1 Å². The molecule has 0 radical (unpaired) electrons. The van der Waals surface area contributed by atoms with Gasteiger partial charge in [0.25, 0.3) is 5.56 Å². The number of fused-ring (bicyclic) bond motifs is 4. The molecule has 3 unspecified atom stereocenters. The Morgan fingerprint density at radius 3 is 2.67 bits per heavy atom. The van der Waals surface area contributed by atoms with E-state index in [9.17, 15) is 19.7 Å². The summed E-state index contributed by atoms with van der Waals surface area (Å²) in [5.41, 5.74) is 5.99. The Bertz CT molecular complexity index is 2070. The number of nitrogens with two attached hydrogens (primary N) is 2. The lowest BCUT2D eigenvalue weighted by molar-refractivity contribution is -0.252. The van der Waals surface area contributed by atoms with Crippen LogP contribution in [0.2, 0.25) is 0 Å². The molecule has 46 heavy (non-hydrogen) atoms. The first-order valence-electron chi connectivity index (χ1n) is 13.7. The Morgan fingerprint density at radius 2 is 1.89 bits per heavy atom. The van der Waals surface area contributed by atoms with Crippen LogP contribution in [0.1, 0.15) is 25.5 Å². The number of nitrogen functional groups attached to an aromatic ring is 2. The lowest BCUT2D eigenvalue weighted by atomic mass is 9.62. The van der Waals surface area contributed by atoms with Crippen molar-refractivity contribution < 1.29 is 42.5 Å². The number of aromatic amines is 1. The Balaban J connectivity index is 1.16. The first-order valence-corrected chi connectivity index (χ1v) is 18.8. The predicted octanol–water partition coefficient (Wildman–Crippen LogP) is -1.36. The van der Waals surface area contributed by atoms with E-state index in [1.54, 1.807) is 0 Å². The molecule has 8 atom stereocenters. The van der Waals surface area contributed by atoms with Crippen LogP contribution in [-0.4, -0.2) is 103 Å². The molecule has 0 spiro atoms. The van der Waals surface area contributed by atoms with Gasteiger partial charge in [-0.15, -0.1) is 5.10 Å². The zero-order valence-electron chi connectivity index (χ0n) is 23.3. The van der Waals surface area contributed by atoms with Gasteiger partial charge in [-0.1, -0.05) is 5.21 Å². The van der Waals surface area contributed by atoms with E-state index in [2.05, 4.69) is 35.2 Å². The number of rotatable bonds is 2. The van der Waals surface area contributed by atoms with Crippen molar-refractivity contribution in [3.63, 3.8) is 0 Å². The third kappa shape index (κ3) is 4.43. The number of imidazole rings is 1. The fourth-order valence-electron chi connectivity index (χ4n) is 6.51. The number of nitrogens with zero attached hydrogens (tertiary/aromatic N) is 8. The zero-order valence-corrected chi connectivity index (χ0v) is 26.7. The van der Waals surface area contributed by atoms with Gasteiger partial charge in [0, 0.05) is 6.42 Å². The highest BCUT2D eigenvalue weighted by molar-refractivity contribution is 8.07. The van der Waals surface area contributed by atoms with Crippen molar-refractivity contribution in [2.24, 2.45) is 0 Å². The van der Waals surface area contributed by atoms with E-state index in [0.717, 1.165) is 0 Å². The summed E-state index contributed by atoms with van der Waals surface area (Å²) < 4.78 is 38.5. The number of ether oxygens (including phenoxy) is 2. The monoisotopic (exact) mass is 717 g/mol. The summed E-state index contributed by atoms with van der Waals surface area (Å²) in [5, 5.41) is 20.2. The summed E-state index contributed by atoms with van der Waals surface area (Å²) in [6.07, 6.45) is -0.0835. The second kappa shape index (κ2) is 10.2. The lowest BCUT2D eigenvalue weighted by Crippen LogP contribution is -2.72. The van der Waals surface area contributed by atoms with Crippen LogP contribution in [0.25, 0.3) is 22.3 Å². The third-order valence-electron chi connectivity index (χ3n) is 8.74. The van der Waals surface area contributed by atoms with Crippen LogP contribution in [-0.2, 0) is 56.9 Å². The average molecular weight is 718 g/mol. The first kappa shape index (κ1) is 30.7. The van der Waals surface area contributed by atoms with Crippen molar-refractivity contribution in [1.82, 2.24) is 44.5 Å². The minimum atomic E-state index is -4.19. The molecule has 3 aliphatic heterocycles. The molecule has 3 saturated heterocycles. The molecule has 1 saturated carbocycles. The molecule has 4 fully saturated rings. The van der Waals surface area contributed by atoms with E-state index in [4.69, 9.17) is 62.6 Å². The lowest BCUT2D eigenvalue weighted by Gasteiger charge is -2.57. The van der Waals surface area contributed by atoms with Crippen LogP contribution in [0, 0.1) is 0 Å². The molecule has 4 aliphatic rings. The number of nitrogens with one attached hydrogen (secondary N) is 1. The predicted molar refractivity (Wildman–Crippen MR) is 160 cm³/mol. The largest absolute Gasteiger partial charge is 0.382 e. The standard InChI is InChI=1S/C21H25N11O10P2S2/c22-13-11-14(25-7-24-13)31(8-26-11)21(34)6-37-19-1-2-20(19,21)42-44(36,46)38-4-9-3-10(41-43(35,45)39-5-19)17(40-9)32-15-12(29-30-32)16(33)28-18(23)27-15/h7-10,17,34H,1-6H2,(H,35,45)(H,36,46)(H2,22,24,25)(H3,23,27,28,33)/t9-,10+,17+,19+,20?,21+,43?,44?/m0/s1. The van der Waals surface area contributed by atoms with Gasteiger partial charge in [0.05, 0.1) is 32.3 Å². The van der Waals surface area contributed by atoms with Gasteiger partial charge in [-0.05, 0) is 36.5 Å². The number of hydrogen-bond donors (Lipinski definition) is 6. The average Bonchev–Trinajstić information content (AvgIpc) is 3.73. The Kier molecular flexibility index (Phi) is 6.80.